The van der Waals surface area contributed by atoms with Crippen molar-refractivity contribution in [2.75, 3.05) is 0 Å². The summed E-state index contributed by atoms with van der Waals surface area (Å²) in [5.74, 6) is 0.489. The van der Waals surface area contributed by atoms with Crippen molar-refractivity contribution in [3.63, 3.8) is 0 Å². The van der Waals surface area contributed by atoms with Crippen molar-refractivity contribution in [2.24, 2.45) is 0 Å². The van der Waals surface area contributed by atoms with E-state index >= 15 is 0 Å². The number of tetrazole rings is 1. The van der Waals surface area contributed by atoms with E-state index in [-0.39, 0.29) is 0 Å². The van der Waals surface area contributed by atoms with Crippen molar-refractivity contribution in [1.29, 1.82) is 0 Å². The molecule has 0 aliphatic carbocycles. The fourth-order valence-electron chi connectivity index (χ4n) is 1.53. The molecule has 0 aromatic carbocycles. The Kier molecular flexibility index (Phi) is 2.31. The van der Waals surface area contributed by atoms with Crippen LogP contribution in [-0.4, -0.2) is 25.6 Å². The lowest BCUT2D eigenvalue weighted by Crippen LogP contribution is -2.05. The predicted molar refractivity (Wildman–Crippen MR) is 59.4 cm³/mol. The number of rotatable bonds is 2. The van der Waals surface area contributed by atoms with Crippen LogP contribution < -0.4 is 4.98 Å². The Labute approximate surface area is 96.8 Å². The monoisotopic (exact) mass is 225 g/mol. The maximum absolute atomic E-state index is 4.47. The second-order valence-electron chi connectivity index (χ2n) is 3.42. The Bertz CT molecular complexity index is 605. The molecular weight excluding hydrogens is 216 g/mol. The van der Waals surface area contributed by atoms with Gasteiger partial charge in [-0.15, -0.1) is 10.2 Å². The molecule has 0 saturated carbocycles. The zero-order chi connectivity index (χ0) is 11.5. The minimum absolute atomic E-state index is 0.489. The maximum atomic E-state index is 4.47. The van der Waals surface area contributed by atoms with E-state index < -0.39 is 0 Å². The van der Waals surface area contributed by atoms with Gasteiger partial charge in [-0.05, 0) is 23.4 Å². The molecule has 3 heterocycles. The average Bonchev–Trinajstić information content (AvgIpc) is 2.94. The fourth-order valence-corrected chi connectivity index (χ4v) is 1.53. The van der Waals surface area contributed by atoms with Crippen molar-refractivity contribution >= 4 is 0 Å². The molecule has 3 aromatic heterocycles. The van der Waals surface area contributed by atoms with Crippen molar-refractivity contribution in [2.45, 2.75) is 0 Å². The third kappa shape index (κ3) is 1.87. The van der Waals surface area contributed by atoms with Crippen molar-refractivity contribution in [1.82, 2.24) is 25.6 Å². The molecule has 0 radical (unpaired) electrons. The second-order valence-corrected chi connectivity index (χ2v) is 3.42. The van der Waals surface area contributed by atoms with Gasteiger partial charge in [-0.25, -0.2) is 9.97 Å². The van der Waals surface area contributed by atoms with Gasteiger partial charge >= 0.3 is 0 Å². The van der Waals surface area contributed by atoms with Crippen molar-refractivity contribution in [3.05, 3.63) is 42.6 Å². The predicted octanol–water partition coefficient (Wildman–Crippen LogP) is 0.743. The second kappa shape index (κ2) is 4.09. The van der Waals surface area contributed by atoms with Gasteiger partial charge in [0.05, 0.1) is 0 Å². The smallest absolute Gasteiger partial charge is 0.229 e. The minimum atomic E-state index is 0.489. The summed E-state index contributed by atoms with van der Waals surface area (Å²) in [4.78, 5) is 7.60. The van der Waals surface area contributed by atoms with E-state index in [9.17, 15) is 0 Å². The molecule has 82 valence electrons. The van der Waals surface area contributed by atoms with Gasteiger partial charge in [0, 0.05) is 12.1 Å². The number of nitrogens with one attached hydrogen (secondary N) is 2. The van der Waals surface area contributed by atoms with Gasteiger partial charge in [0.1, 0.15) is 11.4 Å². The fraction of sp³-hybridized carbons (Fsp3) is 0. The van der Waals surface area contributed by atoms with Gasteiger partial charge < -0.3 is 0 Å². The van der Waals surface area contributed by atoms with Crippen LogP contribution in [0.2, 0.25) is 0 Å². The Morgan fingerprint density at radius 1 is 1.00 bits per heavy atom. The molecule has 0 fully saturated rings. The van der Waals surface area contributed by atoms with Gasteiger partial charge in [0.2, 0.25) is 11.5 Å². The lowest BCUT2D eigenvalue weighted by Gasteiger charge is -1.97. The van der Waals surface area contributed by atoms with E-state index in [1.54, 1.807) is 0 Å². The van der Waals surface area contributed by atoms with Crippen LogP contribution in [-0.2, 0) is 0 Å². The summed E-state index contributed by atoms with van der Waals surface area (Å²) in [7, 11) is 0. The summed E-state index contributed by atoms with van der Waals surface area (Å²) in [6, 6.07) is 11.5. The van der Waals surface area contributed by atoms with Gasteiger partial charge in [-0.1, -0.05) is 6.07 Å². The SMILES string of the molecule is c1ccc(-c2cccc(-c3nn[nH]n3)n2)[nH+]c1. The first-order valence-corrected chi connectivity index (χ1v) is 5.11. The highest BCUT2D eigenvalue weighted by molar-refractivity contribution is 5.57. The van der Waals surface area contributed by atoms with Crippen molar-refractivity contribution < 1.29 is 4.98 Å². The van der Waals surface area contributed by atoms with Crippen LogP contribution in [0.5, 0.6) is 0 Å². The van der Waals surface area contributed by atoms with E-state index in [0.717, 1.165) is 11.4 Å². The normalized spacial score (nSPS) is 10.4. The molecule has 0 aliphatic rings. The van der Waals surface area contributed by atoms with E-state index in [1.807, 2.05) is 42.6 Å². The maximum Gasteiger partial charge on any atom is 0.229 e. The van der Waals surface area contributed by atoms with Crippen LogP contribution in [0, 0.1) is 0 Å². The minimum Gasteiger partial charge on any atom is -0.238 e. The highest BCUT2D eigenvalue weighted by Gasteiger charge is 2.09. The first-order chi connectivity index (χ1) is 8.43. The first kappa shape index (κ1) is 9.59. The molecule has 2 N–H and O–H groups in total. The van der Waals surface area contributed by atoms with Gasteiger partial charge in [0.25, 0.3) is 0 Å². The van der Waals surface area contributed by atoms with Crippen LogP contribution >= 0.6 is 0 Å². The lowest BCUT2D eigenvalue weighted by molar-refractivity contribution is -0.364. The number of pyridine rings is 2. The summed E-state index contributed by atoms with van der Waals surface area (Å²) in [6.45, 7) is 0. The summed E-state index contributed by atoms with van der Waals surface area (Å²) in [6.07, 6.45) is 1.86. The van der Waals surface area contributed by atoms with E-state index in [4.69, 9.17) is 0 Å². The molecule has 0 atom stereocenters. The molecule has 0 spiro atoms. The number of aromatic amines is 2. The molecule has 17 heavy (non-hydrogen) atoms. The lowest BCUT2D eigenvalue weighted by atomic mass is 10.2. The van der Waals surface area contributed by atoms with Gasteiger partial charge in [-0.3, -0.25) is 0 Å². The molecule has 0 amide bonds. The van der Waals surface area contributed by atoms with E-state index in [2.05, 4.69) is 30.6 Å². The number of H-pyrrole nitrogens is 2. The molecule has 0 saturated heterocycles. The third-order valence-corrected chi connectivity index (χ3v) is 2.31. The molecule has 0 bridgehead atoms. The quantitative estimate of drug-likeness (QED) is 0.697. The Morgan fingerprint density at radius 3 is 2.71 bits per heavy atom. The summed E-state index contributed by atoms with van der Waals surface area (Å²) >= 11 is 0. The zero-order valence-electron chi connectivity index (χ0n) is 8.83. The molecule has 0 unspecified atom stereocenters. The summed E-state index contributed by atoms with van der Waals surface area (Å²) in [5, 5.41) is 13.7. The largest absolute Gasteiger partial charge is 0.238 e. The topological polar surface area (TPSA) is 81.5 Å². The zero-order valence-corrected chi connectivity index (χ0v) is 8.83. The van der Waals surface area contributed by atoms with Crippen LogP contribution in [0.15, 0.2) is 42.6 Å². The molecule has 6 nitrogen and oxygen atoms in total. The van der Waals surface area contributed by atoms with Crippen LogP contribution in [0.1, 0.15) is 0 Å². The first-order valence-electron chi connectivity index (χ1n) is 5.11. The average molecular weight is 225 g/mol. The van der Waals surface area contributed by atoms with E-state index in [0.29, 0.717) is 11.5 Å². The van der Waals surface area contributed by atoms with Crippen LogP contribution in [0.25, 0.3) is 22.9 Å². The third-order valence-electron chi connectivity index (χ3n) is 2.31. The molecular formula is C11H9N6+. The number of hydrogen-bond donors (Lipinski definition) is 1. The number of nitrogens with zero attached hydrogens (tertiary/aromatic N) is 4. The summed E-state index contributed by atoms with van der Waals surface area (Å²) in [5.41, 5.74) is 2.47. The molecule has 3 rings (SSSR count). The molecule has 3 aromatic rings. The van der Waals surface area contributed by atoms with E-state index in [1.165, 1.54) is 0 Å². The Morgan fingerprint density at radius 2 is 1.94 bits per heavy atom. The molecule has 0 aliphatic heterocycles. The number of hydrogen-bond acceptors (Lipinski definition) is 4. The summed E-state index contributed by atoms with van der Waals surface area (Å²) < 4.78 is 0. The van der Waals surface area contributed by atoms with Crippen LogP contribution in [0.3, 0.4) is 0 Å². The standard InChI is InChI=1S/C11H8N6/c1-2-7-12-8(4-1)9-5-3-6-10(13-9)11-14-16-17-15-11/h1-7H,(H,14,15,16,17)/p+1. The number of aromatic nitrogens is 6. The Hall–Kier alpha value is -2.63. The highest BCUT2D eigenvalue weighted by Crippen LogP contribution is 2.16. The molecule has 6 heteroatoms. The van der Waals surface area contributed by atoms with Gasteiger partial charge in [-0.2, -0.15) is 5.21 Å². The van der Waals surface area contributed by atoms with Crippen LogP contribution in [0.4, 0.5) is 0 Å². The highest BCUT2D eigenvalue weighted by atomic mass is 15.5. The van der Waals surface area contributed by atoms with Crippen molar-refractivity contribution in [3.8, 4) is 22.9 Å². The Balaban J connectivity index is 2.06. The van der Waals surface area contributed by atoms with Gasteiger partial charge in [0.15, 0.2) is 6.20 Å².